The van der Waals surface area contributed by atoms with E-state index in [0.29, 0.717) is 5.56 Å². The van der Waals surface area contributed by atoms with E-state index in [2.05, 4.69) is 4.98 Å². The van der Waals surface area contributed by atoms with Crippen LogP contribution in [0.25, 0.3) is 0 Å². The quantitative estimate of drug-likeness (QED) is 0.640. The van der Waals surface area contributed by atoms with E-state index in [-0.39, 0.29) is 9.48 Å². The first-order valence-corrected chi connectivity index (χ1v) is 4.15. The summed E-state index contributed by atoms with van der Waals surface area (Å²) >= 11 is 1.63. The van der Waals surface area contributed by atoms with Gasteiger partial charge >= 0.3 is 0 Å². The van der Waals surface area contributed by atoms with Gasteiger partial charge in [-0.05, 0) is 12.1 Å². The van der Waals surface area contributed by atoms with Crippen molar-refractivity contribution < 1.29 is 9.59 Å². The summed E-state index contributed by atoms with van der Waals surface area (Å²) in [6.07, 6.45) is 1.38. The first kappa shape index (κ1) is 9.11. The summed E-state index contributed by atoms with van der Waals surface area (Å²) in [6.45, 7) is 0. The molecule has 0 saturated carbocycles. The zero-order valence-corrected chi connectivity index (χ0v) is 8.11. The van der Waals surface area contributed by atoms with E-state index < -0.39 is 5.91 Å². The molecule has 0 aliphatic heterocycles. The normalized spacial score (nSPS) is 9.42. The smallest absolute Gasteiger partial charge is 0.267 e. The van der Waals surface area contributed by atoms with Gasteiger partial charge in [0.25, 0.3) is 5.91 Å². The Hall–Kier alpha value is -0.980. The Balaban J connectivity index is 3.12. The molecule has 1 heterocycles. The topological polar surface area (TPSA) is 73.1 Å². The number of carbonyl (C=O) groups excluding carboxylic acids is 2. The fraction of sp³-hybridized carbons (Fsp3) is 0. The van der Waals surface area contributed by atoms with Crippen molar-refractivity contribution in [2.24, 2.45) is 5.73 Å². The number of halogens is 1. The fourth-order valence-electron chi connectivity index (χ4n) is 0.688. The minimum atomic E-state index is -0.630. The Kier molecular flexibility index (Phi) is 2.74. The molecule has 0 unspecified atom stereocenters. The Bertz CT molecular complexity index is 309. The minimum absolute atomic E-state index is 0.109. The van der Waals surface area contributed by atoms with Gasteiger partial charge in [0.05, 0.1) is 0 Å². The Morgan fingerprint density at radius 3 is 2.67 bits per heavy atom. The van der Waals surface area contributed by atoms with Crippen molar-refractivity contribution in [2.75, 3.05) is 0 Å². The minimum Gasteiger partial charge on any atom is -0.364 e. The molecule has 1 rings (SSSR count). The average molecular weight is 276 g/mol. The van der Waals surface area contributed by atoms with Crippen molar-refractivity contribution in [3.63, 3.8) is 0 Å². The molecule has 0 fully saturated rings. The molecule has 0 aromatic carbocycles. The lowest BCUT2D eigenvalue weighted by Gasteiger charge is -1.95. The highest BCUT2D eigenvalue weighted by atomic mass is 127. The van der Waals surface area contributed by atoms with Gasteiger partial charge in [-0.25, -0.2) is 0 Å². The third-order valence-electron chi connectivity index (χ3n) is 1.24. The molecule has 0 aliphatic carbocycles. The standard InChI is InChI=1S/C7H5IN2O2/c8-6(11)4-1-2-10-5(3-4)7(9)12/h1-3H,(H2,9,12). The molecule has 5 heteroatoms. The number of primary amides is 1. The van der Waals surface area contributed by atoms with Crippen LogP contribution in [0.5, 0.6) is 0 Å². The second-order valence-corrected chi connectivity index (χ2v) is 3.05. The third kappa shape index (κ3) is 2.00. The Labute approximate surface area is 82.3 Å². The van der Waals surface area contributed by atoms with Crippen molar-refractivity contribution >= 4 is 32.3 Å². The van der Waals surface area contributed by atoms with Gasteiger partial charge < -0.3 is 5.73 Å². The molecule has 0 aliphatic rings. The molecule has 0 bridgehead atoms. The predicted octanol–water partition coefficient (Wildman–Crippen LogP) is 0.756. The number of carbonyl (C=O) groups is 2. The number of pyridine rings is 1. The second kappa shape index (κ2) is 3.61. The van der Waals surface area contributed by atoms with Crippen molar-refractivity contribution in [3.8, 4) is 0 Å². The molecule has 0 atom stereocenters. The van der Waals surface area contributed by atoms with Gasteiger partial charge in [0.1, 0.15) is 5.69 Å². The maximum absolute atomic E-state index is 10.8. The van der Waals surface area contributed by atoms with Crippen LogP contribution in [-0.2, 0) is 0 Å². The molecule has 0 spiro atoms. The van der Waals surface area contributed by atoms with E-state index in [1.807, 2.05) is 0 Å². The summed E-state index contributed by atoms with van der Waals surface area (Å²) in [5.41, 5.74) is 5.51. The van der Waals surface area contributed by atoms with Crippen molar-refractivity contribution in [1.29, 1.82) is 0 Å². The molecule has 1 amide bonds. The maximum atomic E-state index is 10.8. The molecular weight excluding hydrogens is 271 g/mol. The lowest BCUT2D eigenvalue weighted by Crippen LogP contribution is -2.13. The monoisotopic (exact) mass is 276 g/mol. The summed E-state index contributed by atoms with van der Waals surface area (Å²) in [7, 11) is 0. The molecule has 4 nitrogen and oxygen atoms in total. The summed E-state index contributed by atoms with van der Waals surface area (Å²) in [5.74, 6) is -0.630. The van der Waals surface area contributed by atoms with Gasteiger partial charge in [-0.1, -0.05) is 0 Å². The molecule has 1 aromatic heterocycles. The second-order valence-electron chi connectivity index (χ2n) is 2.07. The van der Waals surface area contributed by atoms with Crippen molar-refractivity contribution in [2.45, 2.75) is 0 Å². The van der Waals surface area contributed by atoms with Crippen LogP contribution in [0.3, 0.4) is 0 Å². The molecule has 0 saturated heterocycles. The highest BCUT2D eigenvalue weighted by molar-refractivity contribution is 14.1. The zero-order valence-electron chi connectivity index (χ0n) is 5.95. The maximum Gasteiger partial charge on any atom is 0.267 e. The van der Waals surface area contributed by atoms with Crippen LogP contribution in [0.2, 0.25) is 0 Å². The van der Waals surface area contributed by atoms with Gasteiger partial charge in [0, 0.05) is 34.4 Å². The summed E-state index contributed by atoms with van der Waals surface area (Å²) in [6, 6.07) is 2.90. The number of nitrogens with zero attached hydrogens (tertiary/aromatic N) is 1. The molecule has 1 aromatic rings. The average Bonchev–Trinajstić information content (AvgIpc) is 2.04. The van der Waals surface area contributed by atoms with Crippen LogP contribution in [-0.4, -0.2) is 14.7 Å². The van der Waals surface area contributed by atoms with E-state index >= 15 is 0 Å². The summed E-state index contributed by atoms with van der Waals surface area (Å²) < 4.78 is -0.141. The number of hydrogen-bond acceptors (Lipinski definition) is 3. The zero-order chi connectivity index (χ0) is 9.14. The largest absolute Gasteiger partial charge is 0.364 e. The Morgan fingerprint density at radius 2 is 2.17 bits per heavy atom. The van der Waals surface area contributed by atoms with Crippen molar-refractivity contribution in [1.82, 2.24) is 4.98 Å². The van der Waals surface area contributed by atoms with Gasteiger partial charge in [-0.15, -0.1) is 0 Å². The first-order chi connectivity index (χ1) is 5.61. The predicted molar refractivity (Wildman–Crippen MR) is 51.1 cm³/mol. The van der Waals surface area contributed by atoms with Gasteiger partial charge in [0.15, 0.2) is 0 Å². The summed E-state index contributed by atoms with van der Waals surface area (Å²) in [4.78, 5) is 25.1. The van der Waals surface area contributed by atoms with E-state index in [9.17, 15) is 9.59 Å². The SMILES string of the molecule is NC(=O)c1cc(C(=O)I)ccn1. The molecule has 62 valence electrons. The van der Waals surface area contributed by atoms with E-state index in [0.717, 1.165) is 0 Å². The third-order valence-corrected chi connectivity index (χ3v) is 1.86. The highest BCUT2D eigenvalue weighted by Crippen LogP contribution is 2.06. The molecule has 0 radical (unpaired) electrons. The summed E-state index contributed by atoms with van der Waals surface area (Å²) in [5, 5.41) is 0. The van der Waals surface area contributed by atoms with Crippen LogP contribution in [0, 0.1) is 0 Å². The number of hydrogen-bond donors (Lipinski definition) is 1. The van der Waals surface area contributed by atoms with Crippen molar-refractivity contribution in [3.05, 3.63) is 29.6 Å². The van der Waals surface area contributed by atoms with Crippen LogP contribution in [0.1, 0.15) is 20.8 Å². The highest BCUT2D eigenvalue weighted by Gasteiger charge is 2.05. The lowest BCUT2D eigenvalue weighted by molar-refractivity contribution is 0.0995. The molecule has 12 heavy (non-hydrogen) atoms. The van der Waals surface area contributed by atoms with Crippen LogP contribution in [0.15, 0.2) is 18.3 Å². The number of aromatic nitrogens is 1. The lowest BCUT2D eigenvalue weighted by atomic mass is 10.2. The number of rotatable bonds is 2. The number of nitrogens with two attached hydrogens (primary N) is 1. The van der Waals surface area contributed by atoms with Crippen LogP contribution in [0.4, 0.5) is 0 Å². The van der Waals surface area contributed by atoms with Gasteiger partial charge in [-0.2, -0.15) is 0 Å². The van der Waals surface area contributed by atoms with Gasteiger partial charge in [-0.3, -0.25) is 14.6 Å². The van der Waals surface area contributed by atoms with E-state index in [1.165, 1.54) is 18.3 Å². The van der Waals surface area contributed by atoms with E-state index in [4.69, 9.17) is 5.73 Å². The molecular formula is C7H5IN2O2. The first-order valence-electron chi connectivity index (χ1n) is 3.07. The molecule has 2 N–H and O–H groups in total. The van der Waals surface area contributed by atoms with Crippen LogP contribution >= 0.6 is 22.6 Å². The van der Waals surface area contributed by atoms with Gasteiger partial charge in [0.2, 0.25) is 3.79 Å². The van der Waals surface area contributed by atoms with Crippen LogP contribution < -0.4 is 5.73 Å². The Morgan fingerprint density at radius 1 is 1.50 bits per heavy atom. The van der Waals surface area contributed by atoms with E-state index in [1.54, 1.807) is 22.6 Å². The number of amides is 1. The fourth-order valence-corrected chi connectivity index (χ4v) is 1.02.